The van der Waals surface area contributed by atoms with Crippen LogP contribution in [0.5, 0.6) is 0 Å². The molecule has 1 aromatic rings. The van der Waals surface area contributed by atoms with Crippen LogP contribution in [0, 0.1) is 12.8 Å². The van der Waals surface area contributed by atoms with Gasteiger partial charge in [0, 0.05) is 12.0 Å². The van der Waals surface area contributed by atoms with Gasteiger partial charge in [-0.1, -0.05) is 6.92 Å². The first-order valence-corrected chi connectivity index (χ1v) is 7.56. The zero-order valence-corrected chi connectivity index (χ0v) is 12.3. The van der Waals surface area contributed by atoms with Gasteiger partial charge in [-0.05, 0) is 55.5 Å². The first-order valence-electron chi connectivity index (χ1n) is 6.68. The molecule has 1 aliphatic rings. The molecule has 1 saturated carbocycles. The summed E-state index contributed by atoms with van der Waals surface area (Å²) in [6, 6.07) is 2.27. The normalized spacial score (nSPS) is 30.3. The van der Waals surface area contributed by atoms with Gasteiger partial charge in [-0.15, -0.1) is 11.3 Å². The van der Waals surface area contributed by atoms with E-state index in [1.807, 2.05) is 7.11 Å². The molecule has 102 valence electrons. The van der Waals surface area contributed by atoms with Crippen molar-refractivity contribution >= 4 is 11.3 Å². The third kappa shape index (κ3) is 2.48. The molecule has 2 rings (SSSR count). The molecule has 4 heteroatoms. The molecule has 0 aromatic carbocycles. The lowest BCUT2D eigenvalue weighted by Gasteiger charge is -2.43. The third-order valence-electron chi connectivity index (χ3n) is 4.43. The number of aryl methyl sites for hydroxylation is 1. The van der Waals surface area contributed by atoms with Crippen molar-refractivity contribution in [1.29, 1.82) is 0 Å². The van der Waals surface area contributed by atoms with Gasteiger partial charge in [-0.25, -0.2) is 0 Å². The molecule has 0 bridgehead atoms. The molecule has 18 heavy (non-hydrogen) atoms. The Morgan fingerprint density at radius 1 is 1.50 bits per heavy atom. The average molecular weight is 268 g/mol. The van der Waals surface area contributed by atoms with Crippen LogP contribution in [-0.4, -0.2) is 12.7 Å². The van der Waals surface area contributed by atoms with Crippen LogP contribution >= 0.6 is 11.3 Å². The Morgan fingerprint density at radius 2 is 2.17 bits per heavy atom. The van der Waals surface area contributed by atoms with Crippen LogP contribution in [0.1, 0.15) is 49.1 Å². The molecule has 0 spiro atoms. The van der Waals surface area contributed by atoms with Gasteiger partial charge in [0.25, 0.3) is 0 Å². The van der Waals surface area contributed by atoms with E-state index in [1.54, 1.807) is 11.3 Å². The minimum absolute atomic E-state index is 0.0984. The maximum Gasteiger partial charge on any atom is 0.0886 e. The standard InChI is InChI=1S/C14H24N2OS/c1-10-4-7-14(17-3,8-5-10)13(16-15)12-6-9-18-11(12)2/h6,9-10,13,16H,4-5,7-8,15H2,1-3H3. The van der Waals surface area contributed by atoms with E-state index in [-0.39, 0.29) is 11.6 Å². The first-order chi connectivity index (χ1) is 8.63. The largest absolute Gasteiger partial charge is 0.376 e. The van der Waals surface area contributed by atoms with E-state index in [0.717, 1.165) is 18.8 Å². The Morgan fingerprint density at radius 3 is 2.61 bits per heavy atom. The lowest BCUT2D eigenvalue weighted by Crippen LogP contribution is -2.50. The van der Waals surface area contributed by atoms with Gasteiger partial charge in [0.2, 0.25) is 0 Å². The number of hydrazine groups is 1. The summed E-state index contributed by atoms with van der Waals surface area (Å²) in [5.41, 5.74) is 4.15. The van der Waals surface area contributed by atoms with Crippen LogP contribution in [0.25, 0.3) is 0 Å². The monoisotopic (exact) mass is 268 g/mol. The molecule has 1 atom stereocenters. The molecular weight excluding hydrogens is 244 g/mol. The van der Waals surface area contributed by atoms with E-state index < -0.39 is 0 Å². The molecule has 3 nitrogen and oxygen atoms in total. The smallest absolute Gasteiger partial charge is 0.0886 e. The first kappa shape index (κ1) is 14.0. The highest BCUT2D eigenvalue weighted by Gasteiger charge is 2.42. The molecule has 1 heterocycles. The lowest BCUT2D eigenvalue weighted by atomic mass is 9.73. The number of rotatable bonds is 4. The summed E-state index contributed by atoms with van der Waals surface area (Å²) in [5, 5.41) is 2.13. The summed E-state index contributed by atoms with van der Waals surface area (Å²) in [6.45, 7) is 4.47. The maximum atomic E-state index is 5.92. The topological polar surface area (TPSA) is 47.3 Å². The second-order valence-electron chi connectivity index (χ2n) is 5.48. The number of nitrogens with one attached hydrogen (secondary N) is 1. The van der Waals surface area contributed by atoms with Crippen molar-refractivity contribution in [1.82, 2.24) is 5.43 Å². The van der Waals surface area contributed by atoms with E-state index >= 15 is 0 Å². The van der Waals surface area contributed by atoms with Crippen LogP contribution in [0.3, 0.4) is 0 Å². The van der Waals surface area contributed by atoms with Crippen molar-refractivity contribution in [2.75, 3.05) is 7.11 Å². The zero-order valence-electron chi connectivity index (χ0n) is 11.5. The molecule has 3 N–H and O–H groups in total. The van der Waals surface area contributed by atoms with Crippen molar-refractivity contribution < 1.29 is 4.74 Å². The van der Waals surface area contributed by atoms with Crippen molar-refractivity contribution in [2.24, 2.45) is 11.8 Å². The van der Waals surface area contributed by atoms with Gasteiger partial charge in [0.15, 0.2) is 0 Å². The van der Waals surface area contributed by atoms with E-state index in [2.05, 4.69) is 30.7 Å². The fraction of sp³-hybridized carbons (Fsp3) is 0.714. The number of ether oxygens (including phenoxy) is 1. The van der Waals surface area contributed by atoms with Gasteiger partial charge in [-0.2, -0.15) is 0 Å². The van der Waals surface area contributed by atoms with Crippen LogP contribution in [0.15, 0.2) is 11.4 Å². The maximum absolute atomic E-state index is 5.92. The zero-order chi connectivity index (χ0) is 13.2. The second-order valence-corrected chi connectivity index (χ2v) is 6.60. The van der Waals surface area contributed by atoms with Crippen LogP contribution in [-0.2, 0) is 4.74 Å². The Bertz CT molecular complexity index is 383. The Hall–Kier alpha value is -0.420. The number of hydrogen-bond donors (Lipinski definition) is 2. The summed E-state index contributed by atoms with van der Waals surface area (Å²) in [7, 11) is 1.82. The van der Waals surface area contributed by atoms with Crippen molar-refractivity contribution in [3.05, 3.63) is 21.9 Å². The van der Waals surface area contributed by atoms with Gasteiger partial charge < -0.3 is 4.74 Å². The predicted molar refractivity (Wildman–Crippen MR) is 76.5 cm³/mol. The van der Waals surface area contributed by atoms with E-state index in [9.17, 15) is 0 Å². The Labute approximate surface area is 114 Å². The highest BCUT2D eigenvalue weighted by Crippen LogP contribution is 2.43. The van der Waals surface area contributed by atoms with Gasteiger partial charge in [0.05, 0.1) is 11.6 Å². The van der Waals surface area contributed by atoms with E-state index in [4.69, 9.17) is 10.6 Å². The van der Waals surface area contributed by atoms with Crippen LogP contribution in [0.2, 0.25) is 0 Å². The number of hydrogen-bond acceptors (Lipinski definition) is 4. The summed E-state index contributed by atoms with van der Waals surface area (Å²) in [4.78, 5) is 1.33. The molecule has 1 aliphatic carbocycles. The molecule has 1 fully saturated rings. The molecule has 0 saturated heterocycles. The summed E-state index contributed by atoms with van der Waals surface area (Å²) >= 11 is 1.77. The highest BCUT2D eigenvalue weighted by molar-refractivity contribution is 7.10. The summed E-state index contributed by atoms with van der Waals surface area (Å²) < 4.78 is 5.92. The summed E-state index contributed by atoms with van der Waals surface area (Å²) in [5.74, 6) is 6.63. The molecule has 1 aromatic heterocycles. The molecule has 1 unspecified atom stereocenters. The van der Waals surface area contributed by atoms with Gasteiger partial charge >= 0.3 is 0 Å². The Balaban J connectivity index is 2.27. The minimum Gasteiger partial charge on any atom is -0.376 e. The highest BCUT2D eigenvalue weighted by atomic mass is 32.1. The van der Waals surface area contributed by atoms with Crippen molar-refractivity contribution in [3.63, 3.8) is 0 Å². The molecule has 0 radical (unpaired) electrons. The van der Waals surface area contributed by atoms with E-state index in [0.29, 0.717) is 0 Å². The molecular formula is C14H24N2OS. The Kier molecular flexibility index (Phi) is 4.43. The minimum atomic E-state index is -0.146. The predicted octanol–water partition coefficient (Wildman–Crippen LogP) is 3.16. The van der Waals surface area contributed by atoms with Crippen molar-refractivity contribution in [2.45, 2.75) is 51.2 Å². The summed E-state index contributed by atoms with van der Waals surface area (Å²) in [6.07, 6.45) is 4.59. The van der Waals surface area contributed by atoms with Gasteiger partial charge in [-0.3, -0.25) is 11.3 Å². The molecule has 0 amide bonds. The quantitative estimate of drug-likeness (QED) is 0.651. The second kappa shape index (κ2) is 5.70. The SMILES string of the molecule is COC1(C(NN)c2ccsc2C)CCC(C)CC1. The van der Waals surface area contributed by atoms with E-state index in [1.165, 1.54) is 23.3 Å². The molecule has 0 aliphatic heterocycles. The van der Waals surface area contributed by atoms with Gasteiger partial charge in [0.1, 0.15) is 0 Å². The fourth-order valence-electron chi connectivity index (χ4n) is 3.08. The fourth-order valence-corrected chi connectivity index (χ4v) is 3.82. The number of thiophene rings is 1. The number of nitrogens with two attached hydrogens (primary N) is 1. The lowest BCUT2D eigenvalue weighted by molar-refractivity contribution is -0.0761. The average Bonchev–Trinajstić information content (AvgIpc) is 2.79. The third-order valence-corrected chi connectivity index (χ3v) is 5.29. The number of methoxy groups -OCH3 is 1. The van der Waals surface area contributed by atoms with Crippen LogP contribution in [0.4, 0.5) is 0 Å². The van der Waals surface area contributed by atoms with Crippen LogP contribution < -0.4 is 11.3 Å². The van der Waals surface area contributed by atoms with Crippen molar-refractivity contribution in [3.8, 4) is 0 Å².